The second-order valence-electron chi connectivity index (χ2n) is 10.3. The molecule has 1 heterocycles. The minimum atomic E-state index is -1.09. The van der Waals surface area contributed by atoms with Crippen LogP contribution in [0.5, 0.6) is 0 Å². The molecule has 39 heavy (non-hydrogen) atoms. The van der Waals surface area contributed by atoms with Crippen LogP contribution in [0, 0.1) is 0 Å². The lowest BCUT2D eigenvalue weighted by molar-refractivity contribution is -0.121. The molecule has 0 radical (unpaired) electrons. The minimum absolute atomic E-state index is 0.0183. The van der Waals surface area contributed by atoms with Crippen molar-refractivity contribution in [1.82, 2.24) is 15.5 Å². The largest absolute Gasteiger partial charge is 0.465 e. The maximum atomic E-state index is 12.2. The zero-order valence-electron chi connectivity index (χ0n) is 22.2. The first kappa shape index (κ1) is 28.9. The van der Waals surface area contributed by atoms with Crippen molar-refractivity contribution in [3.8, 4) is 0 Å². The molecule has 3 atom stereocenters. The molecule has 0 saturated carbocycles. The molecular weight excluding hydrogens is 533 g/mol. The average Bonchev–Trinajstić information content (AvgIpc) is 2.93. The van der Waals surface area contributed by atoms with E-state index < -0.39 is 17.7 Å². The van der Waals surface area contributed by atoms with E-state index in [0.717, 1.165) is 37.1 Å². The quantitative estimate of drug-likeness (QED) is 0.260. The predicted octanol–water partition coefficient (Wildman–Crippen LogP) is 6.99. The van der Waals surface area contributed by atoms with Gasteiger partial charge in [0.1, 0.15) is 0 Å². The Balaban J connectivity index is 1.65. The number of hydrogen-bond acceptors (Lipinski definition) is 3. The van der Waals surface area contributed by atoms with Gasteiger partial charge in [0.25, 0.3) is 0 Å². The number of benzene rings is 3. The van der Waals surface area contributed by atoms with Crippen LogP contribution in [0.1, 0.15) is 61.8 Å². The van der Waals surface area contributed by atoms with Crippen molar-refractivity contribution in [2.45, 2.75) is 56.7 Å². The fourth-order valence-corrected chi connectivity index (χ4v) is 6.17. The molecular formula is C31H35Cl2N3O3. The van der Waals surface area contributed by atoms with Crippen molar-refractivity contribution in [2.24, 2.45) is 0 Å². The van der Waals surface area contributed by atoms with Crippen LogP contribution in [-0.2, 0) is 10.3 Å². The highest BCUT2D eigenvalue weighted by molar-refractivity contribution is 6.42. The fourth-order valence-electron chi connectivity index (χ4n) is 5.86. The average molecular weight is 569 g/mol. The van der Waals surface area contributed by atoms with Crippen LogP contribution in [0.3, 0.4) is 0 Å². The number of piperidine rings is 1. The first-order valence-electron chi connectivity index (χ1n) is 13.3. The number of likely N-dealkylation sites (tertiary alicyclic amines) is 1. The first-order valence-corrected chi connectivity index (χ1v) is 14.0. The van der Waals surface area contributed by atoms with Gasteiger partial charge in [-0.15, -0.1) is 0 Å². The predicted molar refractivity (Wildman–Crippen MR) is 156 cm³/mol. The summed E-state index contributed by atoms with van der Waals surface area (Å²) >= 11 is 12.5. The van der Waals surface area contributed by atoms with E-state index in [1.807, 2.05) is 42.5 Å². The fraction of sp³-hybridized carbons (Fsp3) is 0.355. The monoisotopic (exact) mass is 567 g/mol. The Morgan fingerprint density at radius 3 is 2.10 bits per heavy atom. The van der Waals surface area contributed by atoms with Gasteiger partial charge in [0.05, 0.1) is 21.6 Å². The molecule has 1 aliphatic heterocycles. The van der Waals surface area contributed by atoms with Crippen LogP contribution in [0.15, 0.2) is 78.9 Å². The molecule has 2 amide bonds. The number of amides is 2. The van der Waals surface area contributed by atoms with E-state index in [4.69, 9.17) is 23.2 Å². The second-order valence-corrected chi connectivity index (χ2v) is 11.2. The van der Waals surface area contributed by atoms with Gasteiger partial charge in [-0.05, 0) is 54.0 Å². The van der Waals surface area contributed by atoms with Gasteiger partial charge in [0.2, 0.25) is 5.91 Å². The Hall–Kier alpha value is -3.06. The van der Waals surface area contributed by atoms with E-state index in [1.165, 1.54) is 5.56 Å². The molecule has 1 saturated heterocycles. The Morgan fingerprint density at radius 1 is 0.923 bits per heavy atom. The highest BCUT2D eigenvalue weighted by Crippen LogP contribution is 2.38. The smallest absolute Gasteiger partial charge is 0.405 e. The Morgan fingerprint density at radius 2 is 1.54 bits per heavy atom. The summed E-state index contributed by atoms with van der Waals surface area (Å²) < 4.78 is 0. The summed E-state index contributed by atoms with van der Waals surface area (Å²) in [6, 6.07) is 25.2. The molecule has 206 valence electrons. The van der Waals surface area contributed by atoms with Crippen molar-refractivity contribution in [3.63, 3.8) is 0 Å². The summed E-state index contributed by atoms with van der Waals surface area (Å²) in [7, 11) is 0. The molecule has 3 aromatic carbocycles. The van der Waals surface area contributed by atoms with Gasteiger partial charge < -0.3 is 15.7 Å². The van der Waals surface area contributed by atoms with Crippen LogP contribution >= 0.6 is 23.2 Å². The number of nitrogens with one attached hydrogen (secondary N) is 2. The number of carbonyl (C=O) groups excluding carboxylic acids is 1. The number of halogens is 2. The van der Waals surface area contributed by atoms with E-state index in [1.54, 1.807) is 19.1 Å². The van der Waals surface area contributed by atoms with E-state index in [-0.39, 0.29) is 17.9 Å². The standard InChI is InChI=1S/C31H35Cl2N3O3/c1-21(23-9-5-3-6-10-23)29(20-28(34-30(38)39)24-13-14-26(32)27(33)19-24)36-17-15-31(16-18-36,35-22(2)37)25-11-7-4-8-12-25/h3-14,19,21,28-29,34H,15-18,20H2,1-2H3,(H,35,37)(H,38,39)/t21?,28?,29-/m0/s1. The van der Waals surface area contributed by atoms with Gasteiger partial charge in [-0.25, -0.2) is 4.79 Å². The van der Waals surface area contributed by atoms with Crippen molar-refractivity contribution < 1.29 is 14.7 Å². The molecule has 0 aliphatic carbocycles. The van der Waals surface area contributed by atoms with E-state index >= 15 is 0 Å². The van der Waals surface area contributed by atoms with Gasteiger partial charge in [-0.1, -0.05) is 96.9 Å². The Kier molecular flexibility index (Phi) is 9.54. The molecule has 4 rings (SSSR count). The number of hydrogen-bond donors (Lipinski definition) is 3. The third-order valence-electron chi connectivity index (χ3n) is 7.89. The van der Waals surface area contributed by atoms with Crippen molar-refractivity contribution in [3.05, 3.63) is 106 Å². The lowest BCUT2D eigenvalue weighted by atomic mass is 9.78. The summed E-state index contributed by atoms with van der Waals surface area (Å²) in [6.45, 7) is 5.26. The van der Waals surface area contributed by atoms with Crippen LogP contribution in [0.25, 0.3) is 0 Å². The number of carboxylic acid groups (broad SMARTS) is 1. The van der Waals surface area contributed by atoms with E-state index in [0.29, 0.717) is 16.5 Å². The van der Waals surface area contributed by atoms with Gasteiger partial charge in [-0.2, -0.15) is 0 Å². The topological polar surface area (TPSA) is 81.7 Å². The lowest BCUT2D eigenvalue weighted by Gasteiger charge is -2.47. The maximum absolute atomic E-state index is 12.2. The Labute approximate surface area is 240 Å². The minimum Gasteiger partial charge on any atom is -0.465 e. The van der Waals surface area contributed by atoms with E-state index in [9.17, 15) is 14.7 Å². The van der Waals surface area contributed by atoms with Crippen LogP contribution in [0.2, 0.25) is 10.0 Å². The lowest BCUT2D eigenvalue weighted by Crippen LogP contribution is -2.55. The third-order valence-corrected chi connectivity index (χ3v) is 8.62. The molecule has 2 unspecified atom stereocenters. The molecule has 8 heteroatoms. The van der Waals surface area contributed by atoms with Gasteiger partial charge in [-0.3, -0.25) is 9.69 Å². The number of carbonyl (C=O) groups is 2. The summed E-state index contributed by atoms with van der Waals surface area (Å²) in [5, 5.41) is 16.5. The molecule has 6 nitrogen and oxygen atoms in total. The van der Waals surface area contributed by atoms with Gasteiger partial charge in [0, 0.05) is 26.1 Å². The molecule has 1 aliphatic rings. The van der Waals surface area contributed by atoms with Crippen LogP contribution < -0.4 is 10.6 Å². The van der Waals surface area contributed by atoms with Gasteiger partial charge >= 0.3 is 6.09 Å². The summed E-state index contributed by atoms with van der Waals surface area (Å²) in [5.74, 6) is 0.0731. The maximum Gasteiger partial charge on any atom is 0.405 e. The molecule has 3 N–H and O–H groups in total. The number of nitrogens with zero attached hydrogens (tertiary/aromatic N) is 1. The zero-order valence-corrected chi connectivity index (χ0v) is 23.8. The summed E-state index contributed by atoms with van der Waals surface area (Å²) in [4.78, 5) is 26.5. The van der Waals surface area contributed by atoms with Gasteiger partial charge in [0.15, 0.2) is 0 Å². The highest BCUT2D eigenvalue weighted by Gasteiger charge is 2.40. The van der Waals surface area contributed by atoms with Crippen LogP contribution in [0.4, 0.5) is 4.79 Å². The second kappa shape index (κ2) is 12.9. The van der Waals surface area contributed by atoms with Crippen molar-refractivity contribution in [1.29, 1.82) is 0 Å². The van der Waals surface area contributed by atoms with E-state index in [2.05, 4.69) is 46.7 Å². The molecule has 0 spiro atoms. The normalized spacial score (nSPS) is 17.5. The van der Waals surface area contributed by atoms with Crippen molar-refractivity contribution in [2.75, 3.05) is 13.1 Å². The third kappa shape index (κ3) is 7.13. The molecule has 0 bridgehead atoms. The first-order chi connectivity index (χ1) is 18.7. The SMILES string of the molecule is CC(=O)NC1(c2ccccc2)CCN([C@@H](CC(NC(=O)O)c2ccc(Cl)c(Cl)c2)C(C)c2ccccc2)CC1. The zero-order chi connectivity index (χ0) is 28.0. The Bertz CT molecular complexity index is 1260. The summed E-state index contributed by atoms with van der Waals surface area (Å²) in [6.07, 6.45) is 0.944. The summed E-state index contributed by atoms with van der Waals surface area (Å²) in [5.41, 5.74) is 2.62. The molecule has 1 fully saturated rings. The van der Waals surface area contributed by atoms with Crippen molar-refractivity contribution >= 4 is 35.2 Å². The number of rotatable bonds is 9. The van der Waals surface area contributed by atoms with Crippen LogP contribution in [-0.4, -0.2) is 41.1 Å². The molecule has 3 aromatic rings. The highest BCUT2D eigenvalue weighted by atomic mass is 35.5. The molecule has 0 aromatic heterocycles.